The Balaban J connectivity index is 2.83. The van der Waals surface area contributed by atoms with Gasteiger partial charge in [0, 0.05) is 12.1 Å². The summed E-state index contributed by atoms with van der Waals surface area (Å²) in [5.41, 5.74) is 0.196. The molecule has 0 unspecified atom stereocenters. The van der Waals surface area contributed by atoms with Crippen molar-refractivity contribution in [2.75, 3.05) is 19.7 Å². The number of amides is 1. The number of likely N-dealkylation sites (N-methyl/N-ethyl adjacent to an activating group) is 1. The molecule has 0 aliphatic carbocycles. The quantitative estimate of drug-likeness (QED) is 0.616. The molecular weight excluding hydrogens is 250 g/mol. The maximum Gasteiger partial charge on any atom is 0.325 e. The molecule has 1 aromatic rings. The van der Waals surface area contributed by atoms with Crippen LogP contribution < -0.4 is 0 Å². The summed E-state index contributed by atoms with van der Waals surface area (Å²) in [6.45, 7) is 3.86. The van der Waals surface area contributed by atoms with Crippen molar-refractivity contribution >= 4 is 11.9 Å². The molecule has 104 valence electrons. The predicted octanol–water partition coefficient (Wildman–Crippen LogP) is 1.12. The monoisotopic (exact) mass is 267 g/mol. The SMILES string of the molecule is CCOC(=O)CN(CC)C(=O)c1ccc(O)c(O)c1. The molecule has 0 bridgehead atoms. The van der Waals surface area contributed by atoms with Crippen molar-refractivity contribution in [1.29, 1.82) is 0 Å². The summed E-state index contributed by atoms with van der Waals surface area (Å²) in [4.78, 5) is 24.8. The standard InChI is InChI=1S/C13H17NO5/c1-3-14(8-12(17)19-4-2)13(18)9-5-6-10(15)11(16)7-9/h5-7,15-16H,3-4,8H2,1-2H3. The molecule has 2 N–H and O–H groups in total. The van der Waals surface area contributed by atoms with E-state index in [1.165, 1.54) is 17.0 Å². The molecule has 1 amide bonds. The summed E-state index contributed by atoms with van der Waals surface area (Å²) in [6.07, 6.45) is 0. The topological polar surface area (TPSA) is 87.1 Å². The number of rotatable bonds is 5. The number of carbonyl (C=O) groups is 2. The molecular formula is C13H17NO5. The molecule has 6 nitrogen and oxygen atoms in total. The zero-order valence-electron chi connectivity index (χ0n) is 10.9. The highest BCUT2D eigenvalue weighted by Gasteiger charge is 2.18. The molecule has 0 heterocycles. The van der Waals surface area contributed by atoms with Gasteiger partial charge in [0.05, 0.1) is 6.61 Å². The predicted molar refractivity (Wildman–Crippen MR) is 68.0 cm³/mol. The van der Waals surface area contributed by atoms with E-state index in [-0.39, 0.29) is 30.2 Å². The van der Waals surface area contributed by atoms with Crippen LogP contribution in [0.25, 0.3) is 0 Å². The van der Waals surface area contributed by atoms with E-state index < -0.39 is 11.9 Å². The van der Waals surface area contributed by atoms with Crippen LogP contribution in [0.4, 0.5) is 0 Å². The van der Waals surface area contributed by atoms with E-state index in [0.29, 0.717) is 6.54 Å². The number of hydrogen-bond acceptors (Lipinski definition) is 5. The minimum absolute atomic E-state index is 0.148. The number of carbonyl (C=O) groups excluding carboxylic acids is 2. The number of nitrogens with zero attached hydrogens (tertiary/aromatic N) is 1. The molecule has 0 aliphatic rings. The second-order valence-corrected chi connectivity index (χ2v) is 3.83. The largest absolute Gasteiger partial charge is 0.504 e. The Morgan fingerprint density at radius 3 is 2.42 bits per heavy atom. The van der Waals surface area contributed by atoms with Gasteiger partial charge in [-0.15, -0.1) is 0 Å². The van der Waals surface area contributed by atoms with Gasteiger partial charge in [-0.2, -0.15) is 0 Å². The van der Waals surface area contributed by atoms with Gasteiger partial charge < -0.3 is 19.8 Å². The van der Waals surface area contributed by atoms with Gasteiger partial charge in [-0.05, 0) is 32.0 Å². The Morgan fingerprint density at radius 1 is 1.21 bits per heavy atom. The van der Waals surface area contributed by atoms with E-state index in [0.717, 1.165) is 6.07 Å². The van der Waals surface area contributed by atoms with Crippen molar-refractivity contribution in [1.82, 2.24) is 4.90 Å². The first kappa shape index (κ1) is 14.8. The fourth-order valence-electron chi connectivity index (χ4n) is 1.53. The van der Waals surface area contributed by atoms with E-state index in [4.69, 9.17) is 4.74 Å². The highest BCUT2D eigenvalue weighted by Crippen LogP contribution is 2.25. The van der Waals surface area contributed by atoms with Gasteiger partial charge in [-0.25, -0.2) is 0 Å². The van der Waals surface area contributed by atoms with Crippen LogP contribution in [-0.4, -0.2) is 46.7 Å². The molecule has 0 saturated carbocycles. The van der Waals surface area contributed by atoms with Crippen LogP contribution in [-0.2, 0) is 9.53 Å². The molecule has 0 spiro atoms. The van der Waals surface area contributed by atoms with Crippen LogP contribution in [0.2, 0.25) is 0 Å². The van der Waals surface area contributed by atoms with Crippen LogP contribution >= 0.6 is 0 Å². The van der Waals surface area contributed by atoms with Crippen LogP contribution in [0.1, 0.15) is 24.2 Å². The Labute approximate surface area is 111 Å². The van der Waals surface area contributed by atoms with Gasteiger partial charge in [0.15, 0.2) is 11.5 Å². The van der Waals surface area contributed by atoms with E-state index in [2.05, 4.69) is 0 Å². The molecule has 0 fully saturated rings. The number of hydrogen-bond donors (Lipinski definition) is 2. The van der Waals surface area contributed by atoms with Crippen molar-refractivity contribution < 1.29 is 24.5 Å². The maximum atomic E-state index is 12.1. The molecule has 0 radical (unpaired) electrons. The highest BCUT2D eigenvalue weighted by molar-refractivity contribution is 5.96. The van der Waals surface area contributed by atoms with E-state index in [1.54, 1.807) is 13.8 Å². The molecule has 0 aromatic heterocycles. The van der Waals surface area contributed by atoms with Crippen molar-refractivity contribution in [3.8, 4) is 11.5 Å². The number of phenols is 2. The van der Waals surface area contributed by atoms with Crippen molar-refractivity contribution in [3.05, 3.63) is 23.8 Å². The molecule has 1 rings (SSSR count). The zero-order valence-corrected chi connectivity index (χ0v) is 10.9. The van der Waals surface area contributed by atoms with E-state index in [9.17, 15) is 19.8 Å². The maximum absolute atomic E-state index is 12.1. The Morgan fingerprint density at radius 2 is 1.89 bits per heavy atom. The zero-order chi connectivity index (χ0) is 14.4. The minimum atomic E-state index is -0.485. The normalized spacial score (nSPS) is 10.0. The fraction of sp³-hybridized carbons (Fsp3) is 0.385. The molecule has 0 saturated heterocycles. The average Bonchev–Trinajstić information content (AvgIpc) is 2.38. The molecule has 0 aliphatic heterocycles. The lowest BCUT2D eigenvalue weighted by atomic mass is 10.1. The lowest BCUT2D eigenvalue weighted by Gasteiger charge is -2.19. The minimum Gasteiger partial charge on any atom is -0.504 e. The third-order valence-corrected chi connectivity index (χ3v) is 2.52. The summed E-state index contributed by atoms with van der Waals surface area (Å²) in [5, 5.41) is 18.5. The molecule has 0 atom stereocenters. The fourth-order valence-corrected chi connectivity index (χ4v) is 1.53. The van der Waals surface area contributed by atoms with E-state index >= 15 is 0 Å². The third-order valence-electron chi connectivity index (χ3n) is 2.52. The van der Waals surface area contributed by atoms with Crippen LogP contribution in [0, 0.1) is 0 Å². The Bertz CT molecular complexity index is 472. The lowest BCUT2D eigenvalue weighted by Crippen LogP contribution is -2.36. The molecule has 19 heavy (non-hydrogen) atoms. The first-order valence-electron chi connectivity index (χ1n) is 5.96. The van der Waals surface area contributed by atoms with Gasteiger partial charge >= 0.3 is 5.97 Å². The van der Waals surface area contributed by atoms with Crippen molar-refractivity contribution in [2.24, 2.45) is 0 Å². The summed E-state index contributed by atoms with van der Waals surface area (Å²) >= 11 is 0. The highest BCUT2D eigenvalue weighted by atomic mass is 16.5. The number of aromatic hydroxyl groups is 2. The average molecular weight is 267 g/mol. The van der Waals surface area contributed by atoms with E-state index in [1.807, 2.05) is 0 Å². The number of benzene rings is 1. The second-order valence-electron chi connectivity index (χ2n) is 3.83. The van der Waals surface area contributed by atoms with Gasteiger partial charge in [0.25, 0.3) is 5.91 Å². The molecule has 6 heteroatoms. The van der Waals surface area contributed by atoms with Crippen molar-refractivity contribution in [3.63, 3.8) is 0 Å². The number of esters is 1. The van der Waals surface area contributed by atoms with Gasteiger partial charge in [0.2, 0.25) is 0 Å². The summed E-state index contributed by atoms with van der Waals surface area (Å²) in [6, 6.07) is 3.76. The second kappa shape index (κ2) is 6.63. The smallest absolute Gasteiger partial charge is 0.325 e. The van der Waals surface area contributed by atoms with Crippen LogP contribution in [0.3, 0.4) is 0 Å². The van der Waals surface area contributed by atoms with Gasteiger partial charge in [0.1, 0.15) is 6.54 Å². The number of phenolic OH excluding ortho intramolecular Hbond substituents is 2. The number of ether oxygens (including phenoxy) is 1. The third kappa shape index (κ3) is 3.87. The summed E-state index contributed by atoms with van der Waals surface area (Å²) < 4.78 is 4.78. The van der Waals surface area contributed by atoms with Crippen LogP contribution in [0.15, 0.2) is 18.2 Å². The van der Waals surface area contributed by atoms with Crippen molar-refractivity contribution in [2.45, 2.75) is 13.8 Å². The summed E-state index contributed by atoms with van der Waals surface area (Å²) in [7, 11) is 0. The Hall–Kier alpha value is -2.24. The van der Waals surface area contributed by atoms with Crippen LogP contribution in [0.5, 0.6) is 11.5 Å². The van der Waals surface area contributed by atoms with Gasteiger partial charge in [-0.1, -0.05) is 0 Å². The van der Waals surface area contributed by atoms with Gasteiger partial charge in [-0.3, -0.25) is 9.59 Å². The first-order valence-corrected chi connectivity index (χ1v) is 5.96. The molecule has 1 aromatic carbocycles. The first-order chi connectivity index (χ1) is 8.99. The summed E-state index contributed by atoms with van der Waals surface area (Å²) in [5.74, 6) is -1.57. The lowest BCUT2D eigenvalue weighted by molar-refractivity contribution is -0.143. The Kier molecular flexibility index (Phi) is 5.17.